The Labute approximate surface area is 165 Å². The lowest BCUT2D eigenvalue weighted by atomic mass is 9.91. The van der Waals surface area contributed by atoms with Gasteiger partial charge in [0, 0.05) is 17.2 Å². The third kappa shape index (κ3) is 5.61. The zero-order valence-corrected chi connectivity index (χ0v) is 16.4. The maximum atomic E-state index is 12.2. The maximum absolute atomic E-state index is 12.2. The molecule has 0 radical (unpaired) electrons. The van der Waals surface area contributed by atoms with E-state index in [0.717, 1.165) is 28.1 Å². The van der Waals surface area contributed by atoms with Crippen LogP contribution in [0.15, 0.2) is 42.5 Å². The van der Waals surface area contributed by atoms with Gasteiger partial charge >= 0.3 is 0 Å². The molecule has 0 aliphatic heterocycles. The first-order chi connectivity index (χ1) is 13.1. The van der Waals surface area contributed by atoms with Crippen LogP contribution in [-0.4, -0.2) is 34.7 Å². The van der Waals surface area contributed by atoms with Gasteiger partial charge in [0.2, 0.25) is 0 Å². The number of hydrogen-bond acceptors (Lipinski definition) is 5. The van der Waals surface area contributed by atoms with Gasteiger partial charge in [-0.1, -0.05) is 55.7 Å². The summed E-state index contributed by atoms with van der Waals surface area (Å²) in [5.41, 5.74) is 12.3. The number of aliphatic hydroxyl groups is 1. The number of fused-ring (bicyclic) bond motifs is 1. The molecule has 146 valence electrons. The summed E-state index contributed by atoms with van der Waals surface area (Å²) < 4.78 is 0. The molecule has 1 amide bonds. The second kappa shape index (κ2) is 9.97. The van der Waals surface area contributed by atoms with E-state index in [1.807, 2.05) is 42.5 Å². The molecule has 2 aromatic rings. The number of benzene rings is 2. The largest absolute Gasteiger partial charge is 0.382 e. The Morgan fingerprint density at radius 2 is 1.89 bits per heavy atom. The fourth-order valence-corrected chi connectivity index (χ4v) is 4.80. The topological polar surface area (TPSA) is 87.4 Å². The molecule has 5 nitrogen and oxygen atoms in total. The highest BCUT2D eigenvalue weighted by atomic mass is 32.2. The Morgan fingerprint density at radius 3 is 2.70 bits per heavy atom. The molecule has 5 N–H and O–H groups in total. The second-order valence-electron chi connectivity index (χ2n) is 7.29. The number of nitrogens with two attached hydrogens (primary N) is 1. The third-order valence-electron chi connectivity index (χ3n) is 5.17. The van der Waals surface area contributed by atoms with Crippen LogP contribution in [0.25, 0.3) is 10.8 Å². The van der Waals surface area contributed by atoms with Crippen molar-refractivity contribution in [1.29, 1.82) is 0 Å². The number of amides is 1. The highest BCUT2D eigenvalue weighted by Gasteiger charge is 2.23. The number of aliphatic hydroxyl groups excluding tert-OH is 1. The quantitative estimate of drug-likeness (QED) is 0.522. The van der Waals surface area contributed by atoms with Crippen molar-refractivity contribution in [3.05, 3.63) is 42.5 Å². The summed E-state index contributed by atoms with van der Waals surface area (Å²) in [5.74, 6) is 1.90. The zero-order valence-electron chi connectivity index (χ0n) is 15.6. The van der Waals surface area contributed by atoms with Crippen molar-refractivity contribution in [2.45, 2.75) is 44.2 Å². The first-order valence-corrected chi connectivity index (χ1v) is 10.9. The van der Waals surface area contributed by atoms with Crippen molar-refractivity contribution in [3.8, 4) is 0 Å². The van der Waals surface area contributed by atoms with Crippen LogP contribution in [0.3, 0.4) is 0 Å². The van der Waals surface area contributed by atoms with Crippen LogP contribution >= 0.6 is 11.8 Å². The van der Waals surface area contributed by atoms with Gasteiger partial charge in [0.1, 0.15) is 6.10 Å². The van der Waals surface area contributed by atoms with Gasteiger partial charge in [-0.25, -0.2) is 0 Å². The van der Waals surface area contributed by atoms with E-state index in [0.29, 0.717) is 5.75 Å². The SMILES string of the molecule is N[C@H](CSCC1CCCCC1)C(O)C(=O)NNc1cccc2ccccc12. The Hall–Kier alpha value is -1.76. The molecule has 0 bridgehead atoms. The van der Waals surface area contributed by atoms with E-state index in [1.54, 1.807) is 11.8 Å². The van der Waals surface area contributed by atoms with Crippen LogP contribution in [0.1, 0.15) is 32.1 Å². The molecule has 0 saturated heterocycles. The highest BCUT2D eigenvalue weighted by Crippen LogP contribution is 2.27. The minimum atomic E-state index is -1.23. The average Bonchev–Trinajstić information content (AvgIpc) is 2.72. The van der Waals surface area contributed by atoms with Crippen LogP contribution in [0.5, 0.6) is 0 Å². The summed E-state index contributed by atoms with van der Waals surface area (Å²) in [6.45, 7) is 0. The molecule has 0 spiro atoms. The molecule has 1 saturated carbocycles. The van der Waals surface area contributed by atoms with Gasteiger partial charge in [-0.2, -0.15) is 11.8 Å². The number of carbonyl (C=O) groups is 1. The van der Waals surface area contributed by atoms with Crippen LogP contribution in [0.4, 0.5) is 5.69 Å². The maximum Gasteiger partial charge on any atom is 0.268 e. The third-order valence-corrected chi connectivity index (χ3v) is 6.50. The van der Waals surface area contributed by atoms with Crippen LogP contribution in [0.2, 0.25) is 0 Å². The van der Waals surface area contributed by atoms with Gasteiger partial charge in [0.05, 0.1) is 5.69 Å². The fraction of sp³-hybridized carbons (Fsp3) is 0.476. The lowest BCUT2D eigenvalue weighted by Gasteiger charge is -2.23. The minimum Gasteiger partial charge on any atom is -0.382 e. The Bertz CT molecular complexity index is 744. The van der Waals surface area contributed by atoms with E-state index < -0.39 is 18.1 Å². The fourth-order valence-electron chi connectivity index (χ4n) is 3.55. The number of thioether (sulfide) groups is 1. The molecule has 3 rings (SSSR count). The molecule has 1 unspecified atom stereocenters. The van der Waals surface area contributed by atoms with Crippen molar-refractivity contribution < 1.29 is 9.90 Å². The number of rotatable bonds is 8. The molecule has 0 heterocycles. The predicted octanol–water partition coefficient (Wildman–Crippen LogP) is 3.28. The number of nitrogens with one attached hydrogen (secondary N) is 2. The smallest absolute Gasteiger partial charge is 0.268 e. The molecule has 6 heteroatoms. The zero-order chi connectivity index (χ0) is 19.1. The molecular weight excluding hydrogens is 358 g/mol. The first kappa shape index (κ1) is 20.0. The number of hydrazine groups is 1. The Balaban J connectivity index is 1.45. The van der Waals surface area contributed by atoms with Crippen molar-refractivity contribution >= 4 is 34.1 Å². The van der Waals surface area contributed by atoms with Gasteiger partial charge in [-0.3, -0.25) is 15.6 Å². The summed E-state index contributed by atoms with van der Waals surface area (Å²) in [6.07, 6.45) is 5.35. The van der Waals surface area contributed by atoms with E-state index in [2.05, 4.69) is 10.9 Å². The van der Waals surface area contributed by atoms with Gasteiger partial charge in [0.15, 0.2) is 0 Å². The Kier molecular flexibility index (Phi) is 7.38. The standard InChI is InChI=1S/C21H29N3O2S/c22-18(14-27-13-15-7-2-1-3-8-15)20(25)21(26)24-23-19-12-6-10-16-9-4-5-11-17(16)19/h4-6,9-12,15,18,20,23,25H,1-3,7-8,13-14,22H2,(H,24,26)/t18-,20?/m1/s1. The van der Waals surface area contributed by atoms with Gasteiger partial charge in [0.25, 0.3) is 5.91 Å². The number of carbonyl (C=O) groups excluding carboxylic acids is 1. The molecule has 1 fully saturated rings. The minimum absolute atomic E-state index is 0.506. The number of hydrogen-bond donors (Lipinski definition) is 4. The summed E-state index contributed by atoms with van der Waals surface area (Å²) in [5, 5.41) is 12.3. The normalized spacial score (nSPS) is 17.4. The van der Waals surface area contributed by atoms with E-state index in [4.69, 9.17) is 5.73 Å². The summed E-state index contributed by atoms with van der Waals surface area (Å²) in [4.78, 5) is 12.2. The summed E-state index contributed by atoms with van der Waals surface area (Å²) in [7, 11) is 0. The van der Waals surface area contributed by atoms with E-state index in [1.165, 1.54) is 32.1 Å². The van der Waals surface area contributed by atoms with Gasteiger partial charge in [-0.05, 0) is 36.0 Å². The van der Waals surface area contributed by atoms with Crippen LogP contribution in [-0.2, 0) is 4.79 Å². The highest BCUT2D eigenvalue weighted by molar-refractivity contribution is 7.99. The second-order valence-corrected chi connectivity index (χ2v) is 8.37. The van der Waals surface area contributed by atoms with E-state index >= 15 is 0 Å². The number of anilines is 1. The summed E-state index contributed by atoms with van der Waals surface area (Å²) in [6, 6.07) is 13.1. The molecule has 2 aromatic carbocycles. The Morgan fingerprint density at radius 1 is 1.15 bits per heavy atom. The van der Waals surface area contributed by atoms with Crippen molar-refractivity contribution in [1.82, 2.24) is 5.43 Å². The van der Waals surface area contributed by atoms with E-state index in [-0.39, 0.29) is 0 Å². The lowest BCUT2D eigenvalue weighted by molar-refractivity contribution is -0.129. The average molecular weight is 388 g/mol. The molecular formula is C21H29N3O2S. The molecule has 1 aliphatic rings. The lowest BCUT2D eigenvalue weighted by Crippen LogP contribution is -2.49. The first-order valence-electron chi connectivity index (χ1n) is 9.70. The van der Waals surface area contributed by atoms with Crippen molar-refractivity contribution in [2.75, 3.05) is 16.9 Å². The van der Waals surface area contributed by atoms with Crippen LogP contribution < -0.4 is 16.6 Å². The molecule has 2 atom stereocenters. The van der Waals surface area contributed by atoms with Crippen molar-refractivity contribution in [2.24, 2.45) is 11.7 Å². The van der Waals surface area contributed by atoms with Gasteiger partial charge < -0.3 is 10.8 Å². The molecule has 1 aliphatic carbocycles. The van der Waals surface area contributed by atoms with Crippen molar-refractivity contribution in [3.63, 3.8) is 0 Å². The van der Waals surface area contributed by atoms with E-state index in [9.17, 15) is 9.90 Å². The summed E-state index contributed by atoms with van der Waals surface area (Å²) >= 11 is 1.74. The predicted molar refractivity (Wildman–Crippen MR) is 114 cm³/mol. The van der Waals surface area contributed by atoms with Gasteiger partial charge in [-0.15, -0.1) is 0 Å². The molecule has 27 heavy (non-hydrogen) atoms. The monoisotopic (exact) mass is 387 g/mol. The molecule has 0 aromatic heterocycles. The van der Waals surface area contributed by atoms with Crippen LogP contribution in [0, 0.1) is 5.92 Å².